The first-order chi connectivity index (χ1) is 9.17. The van der Waals surface area contributed by atoms with Crippen molar-refractivity contribution in [1.29, 1.82) is 0 Å². The van der Waals surface area contributed by atoms with Crippen LogP contribution in [0.2, 0.25) is 0 Å². The van der Waals surface area contributed by atoms with Gasteiger partial charge in [-0.2, -0.15) is 0 Å². The van der Waals surface area contributed by atoms with Crippen LogP contribution in [-0.4, -0.2) is 31.5 Å². The van der Waals surface area contributed by atoms with E-state index in [4.69, 9.17) is 16.3 Å². The van der Waals surface area contributed by atoms with Crippen molar-refractivity contribution in [3.8, 4) is 0 Å². The van der Waals surface area contributed by atoms with Crippen molar-refractivity contribution in [2.75, 3.05) is 19.6 Å². The summed E-state index contributed by atoms with van der Waals surface area (Å²) < 4.78 is 5.07. The van der Waals surface area contributed by atoms with Crippen molar-refractivity contribution in [2.24, 2.45) is 0 Å². The predicted molar refractivity (Wildman–Crippen MR) is 78.6 cm³/mol. The molecule has 1 rings (SSSR count). The van der Waals surface area contributed by atoms with Crippen molar-refractivity contribution in [1.82, 2.24) is 5.32 Å². The maximum absolute atomic E-state index is 11.9. The van der Waals surface area contributed by atoms with Crippen molar-refractivity contribution in [3.05, 3.63) is 35.4 Å². The SMILES string of the molecule is COCC(CCCl)NC(=O)CCc1ccccc1C. The van der Waals surface area contributed by atoms with Gasteiger partial charge in [-0.15, -0.1) is 11.6 Å². The molecule has 0 aliphatic carbocycles. The van der Waals surface area contributed by atoms with Gasteiger partial charge in [0, 0.05) is 19.4 Å². The second-order valence-corrected chi connectivity index (χ2v) is 5.00. The van der Waals surface area contributed by atoms with E-state index in [0.29, 0.717) is 18.9 Å². The topological polar surface area (TPSA) is 38.3 Å². The number of hydrogen-bond acceptors (Lipinski definition) is 2. The lowest BCUT2D eigenvalue weighted by Gasteiger charge is -2.16. The number of aryl methyl sites for hydroxylation is 2. The summed E-state index contributed by atoms with van der Waals surface area (Å²) in [5.74, 6) is 0.571. The molecule has 0 bridgehead atoms. The number of carbonyl (C=O) groups excluding carboxylic acids is 1. The molecular weight excluding hydrogens is 262 g/mol. The number of halogens is 1. The molecule has 1 atom stereocenters. The maximum atomic E-state index is 11.9. The summed E-state index contributed by atoms with van der Waals surface area (Å²) in [6.45, 7) is 2.57. The molecule has 0 aliphatic heterocycles. The van der Waals surface area contributed by atoms with E-state index in [1.165, 1.54) is 11.1 Å². The Kier molecular flexibility index (Phi) is 7.53. The van der Waals surface area contributed by atoms with E-state index >= 15 is 0 Å². The number of hydrogen-bond donors (Lipinski definition) is 1. The molecule has 1 unspecified atom stereocenters. The molecule has 0 radical (unpaired) electrons. The number of benzene rings is 1. The number of ether oxygens (including phenoxy) is 1. The van der Waals surface area contributed by atoms with Crippen molar-refractivity contribution in [2.45, 2.75) is 32.2 Å². The van der Waals surface area contributed by atoms with Gasteiger partial charge in [-0.25, -0.2) is 0 Å². The minimum Gasteiger partial charge on any atom is -0.383 e. The summed E-state index contributed by atoms with van der Waals surface area (Å²) in [6.07, 6.45) is 1.98. The van der Waals surface area contributed by atoms with Crippen molar-refractivity contribution in [3.63, 3.8) is 0 Å². The number of methoxy groups -OCH3 is 1. The highest BCUT2D eigenvalue weighted by Gasteiger charge is 2.11. The standard InChI is InChI=1S/C15H22ClNO2/c1-12-5-3-4-6-13(12)7-8-15(18)17-14(9-10-16)11-19-2/h3-6,14H,7-11H2,1-2H3,(H,17,18). The van der Waals surface area contributed by atoms with E-state index in [0.717, 1.165) is 12.8 Å². The van der Waals surface area contributed by atoms with E-state index in [1.807, 2.05) is 12.1 Å². The van der Waals surface area contributed by atoms with E-state index in [1.54, 1.807) is 7.11 Å². The lowest BCUT2D eigenvalue weighted by molar-refractivity contribution is -0.122. The average Bonchev–Trinajstić information content (AvgIpc) is 2.38. The first-order valence-corrected chi connectivity index (χ1v) is 7.09. The quantitative estimate of drug-likeness (QED) is 0.745. The molecule has 0 aromatic heterocycles. The van der Waals surface area contributed by atoms with Gasteiger partial charge in [0.15, 0.2) is 0 Å². The van der Waals surface area contributed by atoms with Crippen LogP contribution in [0.25, 0.3) is 0 Å². The van der Waals surface area contributed by atoms with Gasteiger partial charge < -0.3 is 10.1 Å². The lowest BCUT2D eigenvalue weighted by Crippen LogP contribution is -2.38. The van der Waals surface area contributed by atoms with E-state index in [-0.39, 0.29) is 11.9 Å². The first-order valence-electron chi connectivity index (χ1n) is 6.56. The molecule has 1 amide bonds. The maximum Gasteiger partial charge on any atom is 0.220 e. The molecule has 0 aliphatic rings. The highest BCUT2D eigenvalue weighted by atomic mass is 35.5. The zero-order valence-electron chi connectivity index (χ0n) is 11.6. The predicted octanol–water partition coefficient (Wildman–Crippen LogP) is 2.69. The normalized spacial score (nSPS) is 12.2. The number of alkyl halides is 1. The Bertz CT molecular complexity index is 389. The van der Waals surface area contributed by atoms with Crippen LogP contribution < -0.4 is 5.32 Å². The Balaban J connectivity index is 2.40. The molecular formula is C15H22ClNO2. The Labute approximate surface area is 120 Å². The third kappa shape index (κ3) is 6.08. The first kappa shape index (κ1) is 16.0. The molecule has 0 saturated heterocycles. The number of carbonyl (C=O) groups is 1. The van der Waals surface area contributed by atoms with E-state index in [9.17, 15) is 4.79 Å². The van der Waals surface area contributed by atoms with Gasteiger partial charge in [0.2, 0.25) is 5.91 Å². The Morgan fingerprint density at radius 2 is 2.16 bits per heavy atom. The average molecular weight is 284 g/mol. The van der Waals surface area contributed by atoms with Crippen LogP contribution in [0.3, 0.4) is 0 Å². The van der Waals surface area contributed by atoms with Gasteiger partial charge in [0.1, 0.15) is 0 Å². The van der Waals surface area contributed by atoms with Crippen LogP contribution in [-0.2, 0) is 16.0 Å². The summed E-state index contributed by atoms with van der Waals surface area (Å²) in [7, 11) is 1.63. The largest absolute Gasteiger partial charge is 0.383 e. The number of rotatable bonds is 8. The molecule has 0 heterocycles. The van der Waals surface area contributed by atoms with Crippen LogP contribution in [0.1, 0.15) is 24.0 Å². The molecule has 1 aromatic carbocycles. The van der Waals surface area contributed by atoms with Crippen LogP contribution in [0.15, 0.2) is 24.3 Å². The van der Waals surface area contributed by atoms with Gasteiger partial charge in [-0.3, -0.25) is 4.79 Å². The number of amides is 1. The second kappa shape index (κ2) is 8.94. The Morgan fingerprint density at radius 1 is 1.42 bits per heavy atom. The Morgan fingerprint density at radius 3 is 2.79 bits per heavy atom. The number of nitrogens with one attached hydrogen (secondary N) is 1. The molecule has 1 N–H and O–H groups in total. The van der Waals surface area contributed by atoms with E-state index in [2.05, 4.69) is 24.4 Å². The van der Waals surface area contributed by atoms with Crippen LogP contribution in [0.5, 0.6) is 0 Å². The van der Waals surface area contributed by atoms with Crippen LogP contribution in [0.4, 0.5) is 0 Å². The fraction of sp³-hybridized carbons (Fsp3) is 0.533. The van der Waals surface area contributed by atoms with Gasteiger partial charge in [-0.05, 0) is 30.9 Å². The monoisotopic (exact) mass is 283 g/mol. The second-order valence-electron chi connectivity index (χ2n) is 4.62. The van der Waals surface area contributed by atoms with Crippen molar-refractivity contribution >= 4 is 17.5 Å². The lowest BCUT2D eigenvalue weighted by atomic mass is 10.0. The van der Waals surface area contributed by atoms with E-state index < -0.39 is 0 Å². The van der Waals surface area contributed by atoms with Gasteiger partial charge in [-0.1, -0.05) is 24.3 Å². The van der Waals surface area contributed by atoms with Gasteiger partial charge >= 0.3 is 0 Å². The summed E-state index contributed by atoms with van der Waals surface area (Å²) >= 11 is 5.70. The highest BCUT2D eigenvalue weighted by Crippen LogP contribution is 2.09. The smallest absolute Gasteiger partial charge is 0.220 e. The summed E-state index contributed by atoms with van der Waals surface area (Å²) in [5.41, 5.74) is 2.45. The molecule has 3 nitrogen and oxygen atoms in total. The van der Waals surface area contributed by atoms with Crippen LogP contribution >= 0.6 is 11.6 Å². The van der Waals surface area contributed by atoms with Crippen molar-refractivity contribution < 1.29 is 9.53 Å². The minimum atomic E-state index is 0.00636. The summed E-state index contributed by atoms with van der Waals surface area (Å²) in [4.78, 5) is 11.9. The van der Waals surface area contributed by atoms with Crippen LogP contribution in [0, 0.1) is 6.92 Å². The Hall–Kier alpha value is -1.06. The summed E-state index contributed by atoms with van der Waals surface area (Å²) in [6, 6.07) is 8.14. The molecule has 0 fully saturated rings. The minimum absolute atomic E-state index is 0.00636. The third-order valence-corrected chi connectivity index (χ3v) is 3.29. The zero-order valence-corrected chi connectivity index (χ0v) is 12.4. The molecule has 0 saturated carbocycles. The van der Waals surface area contributed by atoms with Gasteiger partial charge in [0.05, 0.1) is 12.6 Å². The molecule has 0 spiro atoms. The molecule has 1 aromatic rings. The molecule has 19 heavy (non-hydrogen) atoms. The summed E-state index contributed by atoms with van der Waals surface area (Å²) in [5, 5.41) is 2.96. The molecule has 106 valence electrons. The highest BCUT2D eigenvalue weighted by molar-refractivity contribution is 6.17. The fourth-order valence-corrected chi connectivity index (χ4v) is 2.23. The van der Waals surface area contributed by atoms with Gasteiger partial charge in [0.25, 0.3) is 0 Å². The molecule has 4 heteroatoms. The fourth-order valence-electron chi connectivity index (χ4n) is 1.97. The third-order valence-electron chi connectivity index (χ3n) is 3.07. The zero-order chi connectivity index (χ0) is 14.1.